The highest BCUT2D eigenvalue weighted by atomic mass is 32.1. The fourth-order valence-electron chi connectivity index (χ4n) is 4.03. The van der Waals surface area contributed by atoms with Crippen molar-refractivity contribution >= 4 is 29.2 Å². The maximum atomic E-state index is 12.5. The van der Waals surface area contributed by atoms with Gasteiger partial charge in [-0.1, -0.05) is 12.1 Å². The third kappa shape index (κ3) is 5.59. The number of likely N-dealkylation sites (tertiary alicyclic amines) is 1. The topological polar surface area (TPSA) is 80.8 Å². The van der Waals surface area contributed by atoms with Gasteiger partial charge in [0, 0.05) is 23.5 Å². The van der Waals surface area contributed by atoms with Crippen molar-refractivity contribution < 1.29 is 19.1 Å². The summed E-state index contributed by atoms with van der Waals surface area (Å²) in [6.45, 7) is 7.16. The first-order chi connectivity index (χ1) is 15.3. The molecule has 1 saturated heterocycles. The molecule has 0 saturated carbocycles. The molecule has 0 unspecified atom stereocenters. The van der Waals surface area contributed by atoms with Crippen molar-refractivity contribution in [3.63, 3.8) is 0 Å². The molecule has 1 aliphatic carbocycles. The number of nitrogens with one attached hydrogen (secondary N) is 1. The molecule has 1 N–H and O–H groups in total. The number of fused-ring (bicyclic) bond motifs is 1. The lowest BCUT2D eigenvalue weighted by Crippen LogP contribution is -2.42. The van der Waals surface area contributed by atoms with E-state index in [4.69, 9.17) is 14.5 Å². The summed E-state index contributed by atoms with van der Waals surface area (Å²) in [4.78, 5) is 32.5. The van der Waals surface area contributed by atoms with E-state index in [-0.39, 0.29) is 12.0 Å². The number of thiazole rings is 1. The number of aryl methyl sites for hydroxylation is 2. The second-order valence-electron chi connectivity index (χ2n) is 9.42. The molecule has 0 radical (unpaired) electrons. The molecular formula is C24H31N3O4S. The fraction of sp³-hybridized carbons (Fsp3) is 0.542. The van der Waals surface area contributed by atoms with Gasteiger partial charge in [0.1, 0.15) is 10.6 Å². The summed E-state index contributed by atoms with van der Waals surface area (Å²) >= 11 is 1.71. The van der Waals surface area contributed by atoms with Gasteiger partial charge in [0.2, 0.25) is 0 Å². The highest BCUT2D eigenvalue weighted by Crippen LogP contribution is 2.36. The van der Waals surface area contributed by atoms with E-state index in [0.717, 1.165) is 36.3 Å². The average Bonchev–Trinajstić information content (AvgIpc) is 3.34. The summed E-state index contributed by atoms with van der Waals surface area (Å²) in [5.74, 6) is 0.233. The summed E-state index contributed by atoms with van der Waals surface area (Å²) in [5.41, 5.74) is 2.34. The number of hydrogen-bond donors (Lipinski definition) is 1. The summed E-state index contributed by atoms with van der Waals surface area (Å²) < 4.78 is 10.9. The number of aromatic nitrogens is 1. The number of carbonyl (C=O) groups is 2. The van der Waals surface area contributed by atoms with Crippen LogP contribution in [0.25, 0.3) is 10.6 Å². The van der Waals surface area contributed by atoms with Gasteiger partial charge in [-0.3, -0.25) is 5.32 Å². The van der Waals surface area contributed by atoms with Crippen LogP contribution in [0, 0.1) is 5.92 Å². The van der Waals surface area contributed by atoms with Crippen LogP contribution in [0.4, 0.5) is 15.3 Å². The Labute approximate surface area is 193 Å². The maximum Gasteiger partial charge on any atom is 0.411 e. The zero-order chi connectivity index (χ0) is 22.7. The second kappa shape index (κ2) is 9.48. The largest absolute Gasteiger partial charge is 0.449 e. The molecule has 0 bridgehead atoms. The van der Waals surface area contributed by atoms with Crippen LogP contribution in [-0.2, 0) is 22.3 Å². The standard InChI is InChI=1S/C24H31N3O4S/c1-24(2,3)31-23(29)27-13-11-16(12-14-27)15-30-22(28)26-18-8-5-4-7-17(18)21-25-19-9-6-10-20(19)32-21/h4-5,7-8,16H,6,9-15H2,1-3H3,(H,26,28). The molecule has 4 rings (SSSR count). The maximum absolute atomic E-state index is 12.5. The minimum atomic E-state index is -0.496. The number of hydrogen-bond acceptors (Lipinski definition) is 6. The van der Waals surface area contributed by atoms with E-state index in [1.165, 1.54) is 17.0 Å². The van der Waals surface area contributed by atoms with Crippen LogP contribution in [0.1, 0.15) is 50.6 Å². The number of anilines is 1. The number of benzene rings is 1. The molecule has 2 amide bonds. The molecule has 1 fully saturated rings. The van der Waals surface area contributed by atoms with Gasteiger partial charge in [-0.25, -0.2) is 14.6 Å². The van der Waals surface area contributed by atoms with E-state index < -0.39 is 11.7 Å². The number of piperidine rings is 1. The van der Waals surface area contributed by atoms with Crippen molar-refractivity contribution in [2.75, 3.05) is 25.0 Å². The van der Waals surface area contributed by atoms with Crippen molar-refractivity contribution in [1.82, 2.24) is 9.88 Å². The number of para-hydroxylation sites is 1. The number of carbonyl (C=O) groups excluding carboxylic acids is 2. The van der Waals surface area contributed by atoms with Gasteiger partial charge in [0.15, 0.2) is 0 Å². The van der Waals surface area contributed by atoms with Gasteiger partial charge < -0.3 is 14.4 Å². The fourth-order valence-corrected chi connectivity index (χ4v) is 5.22. The highest BCUT2D eigenvalue weighted by molar-refractivity contribution is 7.15. The molecule has 2 aliphatic rings. The van der Waals surface area contributed by atoms with Crippen molar-refractivity contribution in [3.8, 4) is 10.6 Å². The Balaban J connectivity index is 1.27. The van der Waals surface area contributed by atoms with Crippen LogP contribution >= 0.6 is 11.3 Å². The van der Waals surface area contributed by atoms with Crippen molar-refractivity contribution in [3.05, 3.63) is 34.8 Å². The smallest absolute Gasteiger partial charge is 0.411 e. The Bertz CT molecular complexity index is 952. The molecule has 1 aliphatic heterocycles. The molecule has 1 aromatic heterocycles. The number of ether oxygens (including phenoxy) is 2. The van der Waals surface area contributed by atoms with Crippen LogP contribution < -0.4 is 5.32 Å². The Hall–Kier alpha value is -2.61. The highest BCUT2D eigenvalue weighted by Gasteiger charge is 2.27. The Morgan fingerprint density at radius 1 is 1.19 bits per heavy atom. The third-order valence-corrected chi connectivity index (χ3v) is 6.90. The summed E-state index contributed by atoms with van der Waals surface area (Å²) in [5, 5.41) is 3.83. The molecular weight excluding hydrogens is 426 g/mol. The second-order valence-corrected chi connectivity index (χ2v) is 10.5. The number of nitrogens with zero attached hydrogens (tertiary/aromatic N) is 2. The lowest BCUT2D eigenvalue weighted by Gasteiger charge is -2.33. The molecule has 0 atom stereocenters. The van der Waals surface area contributed by atoms with Crippen LogP contribution in [0.2, 0.25) is 0 Å². The first-order valence-corrected chi connectivity index (χ1v) is 12.1. The first-order valence-electron chi connectivity index (χ1n) is 11.3. The predicted molar refractivity (Wildman–Crippen MR) is 125 cm³/mol. The van der Waals surface area contributed by atoms with Gasteiger partial charge in [-0.05, 0) is 70.9 Å². The molecule has 172 valence electrons. The molecule has 2 aromatic rings. The normalized spacial score (nSPS) is 16.5. The molecule has 1 aromatic carbocycles. The zero-order valence-corrected chi connectivity index (χ0v) is 19.8. The van der Waals surface area contributed by atoms with E-state index in [9.17, 15) is 9.59 Å². The Morgan fingerprint density at radius 2 is 1.94 bits per heavy atom. The molecule has 0 spiro atoms. The Kier molecular flexibility index (Phi) is 6.69. The quantitative estimate of drug-likeness (QED) is 0.656. The van der Waals surface area contributed by atoms with Gasteiger partial charge >= 0.3 is 12.2 Å². The summed E-state index contributed by atoms with van der Waals surface area (Å²) in [6, 6.07) is 7.71. The third-order valence-electron chi connectivity index (χ3n) is 5.71. The number of rotatable bonds is 4. The predicted octanol–water partition coefficient (Wildman–Crippen LogP) is 5.49. The SMILES string of the molecule is CC(C)(C)OC(=O)N1CCC(COC(=O)Nc2ccccc2-c2nc3c(s2)CCC3)CC1. The van der Waals surface area contributed by atoms with E-state index in [2.05, 4.69) is 5.32 Å². The van der Waals surface area contributed by atoms with E-state index >= 15 is 0 Å². The summed E-state index contributed by atoms with van der Waals surface area (Å²) in [6.07, 6.45) is 4.14. The lowest BCUT2D eigenvalue weighted by molar-refractivity contribution is 0.0153. The van der Waals surface area contributed by atoms with Crippen LogP contribution in [0.5, 0.6) is 0 Å². The minimum absolute atomic E-state index is 0.233. The van der Waals surface area contributed by atoms with Crippen LogP contribution in [0.3, 0.4) is 0 Å². The van der Waals surface area contributed by atoms with Crippen LogP contribution in [0.15, 0.2) is 24.3 Å². The van der Waals surface area contributed by atoms with E-state index in [0.29, 0.717) is 25.4 Å². The van der Waals surface area contributed by atoms with Gasteiger partial charge in [-0.2, -0.15) is 0 Å². The average molecular weight is 458 g/mol. The first kappa shape index (κ1) is 22.6. The molecule has 2 heterocycles. The lowest BCUT2D eigenvalue weighted by atomic mass is 9.98. The molecule has 8 heteroatoms. The number of amides is 2. The van der Waals surface area contributed by atoms with E-state index in [1.54, 1.807) is 16.2 Å². The van der Waals surface area contributed by atoms with Crippen LogP contribution in [-0.4, -0.2) is 47.4 Å². The molecule has 32 heavy (non-hydrogen) atoms. The minimum Gasteiger partial charge on any atom is -0.449 e. The van der Waals surface area contributed by atoms with Crippen molar-refractivity contribution in [1.29, 1.82) is 0 Å². The van der Waals surface area contributed by atoms with Gasteiger partial charge in [0.05, 0.1) is 18.0 Å². The zero-order valence-electron chi connectivity index (χ0n) is 19.0. The van der Waals surface area contributed by atoms with Gasteiger partial charge in [0.25, 0.3) is 0 Å². The Morgan fingerprint density at radius 3 is 2.66 bits per heavy atom. The monoisotopic (exact) mass is 457 g/mol. The van der Waals surface area contributed by atoms with Gasteiger partial charge in [-0.15, -0.1) is 11.3 Å². The van der Waals surface area contributed by atoms with E-state index in [1.807, 2.05) is 45.0 Å². The summed E-state index contributed by atoms with van der Waals surface area (Å²) in [7, 11) is 0. The van der Waals surface area contributed by atoms with Crippen molar-refractivity contribution in [2.45, 2.75) is 58.5 Å². The van der Waals surface area contributed by atoms with Crippen molar-refractivity contribution in [2.24, 2.45) is 5.92 Å². The molecule has 7 nitrogen and oxygen atoms in total.